The third kappa shape index (κ3) is 2.34. The minimum absolute atomic E-state index is 0.220. The van der Waals surface area contributed by atoms with Crippen molar-refractivity contribution in [2.75, 3.05) is 7.05 Å². The van der Waals surface area contributed by atoms with Gasteiger partial charge in [0.2, 0.25) is 5.69 Å². The highest BCUT2D eigenvalue weighted by Crippen LogP contribution is 1.93. The number of H-pyrrole nitrogens is 1. The van der Waals surface area contributed by atoms with E-state index >= 15 is 0 Å². The molecule has 0 spiro atoms. The van der Waals surface area contributed by atoms with Crippen LogP contribution in [0.15, 0.2) is 40.2 Å². The molecule has 7 nitrogen and oxygen atoms in total. The fraction of sp³-hybridized carbons (Fsp3) is 0.0909. The molecule has 7 heteroatoms. The summed E-state index contributed by atoms with van der Waals surface area (Å²) in [5, 5.41) is 12.2. The van der Waals surface area contributed by atoms with Crippen molar-refractivity contribution in [2.24, 2.45) is 5.10 Å². The Morgan fingerprint density at radius 2 is 2.17 bits per heavy atom. The normalized spacial score (nSPS) is 10.7. The zero-order chi connectivity index (χ0) is 13.0. The van der Waals surface area contributed by atoms with Crippen LogP contribution in [0.25, 0.3) is 0 Å². The largest absolute Gasteiger partial charge is 0.354 e. The van der Waals surface area contributed by atoms with Gasteiger partial charge in [0.05, 0.1) is 6.21 Å². The summed E-state index contributed by atoms with van der Waals surface area (Å²) < 4.78 is 0. The van der Waals surface area contributed by atoms with Gasteiger partial charge >= 0.3 is 5.56 Å². The van der Waals surface area contributed by atoms with Gasteiger partial charge in [-0.25, -0.2) is 0 Å². The number of aromatic amines is 1. The molecule has 2 aromatic rings. The molecule has 0 fully saturated rings. The molecule has 0 saturated heterocycles. The average Bonchev–Trinajstić information content (AvgIpc) is 2.78. The maximum absolute atomic E-state index is 11.7. The Bertz CT molecular complexity index is 626. The minimum atomic E-state index is -0.596. The lowest BCUT2D eigenvalue weighted by molar-refractivity contribution is 0.0957. The first kappa shape index (κ1) is 11.8. The maximum Gasteiger partial charge on any atom is 0.320 e. The molecule has 1 amide bonds. The molecule has 0 radical (unpaired) electrons. The molecule has 1 aromatic heterocycles. The standard InChI is InChI=1S/C11H11N5O2/c1-12-10(17)9-11(18)16(15-14-9)13-7-8-5-3-2-4-6-8/h2-7,15H,1H3,(H,12,17)/b13-7-. The van der Waals surface area contributed by atoms with Crippen molar-refractivity contribution in [1.82, 2.24) is 20.4 Å². The highest BCUT2D eigenvalue weighted by Gasteiger charge is 2.14. The van der Waals surface area contributed by atoms with E-state index in [1.165, 1.54) is 13.3 Å². The molecule has 2 N–H and O–H groups in total. The number of nitrogens with one attached hydrogen (secondary N) is 2. The van der Waals surface area contributed by atoms with Crippen molar-refractivity contribution in [3.63, 3.8) is 0 Å². The van der Waals surface area contributed by atoms with Crippen molar-refractivity contribution in [3.05, 3.63) is 51.9 Å². The predicted molar refractivity (Wildman–Crippen MR) is 65.7 cm³/mol. The minimum Gasteiger partial charge on any atom is -0.354 e. The summed E-state index contributed by atoms with van der Waals surface area (Å²) in [6.07, 6.45) is 1.49. The van der Waals surface area contributed by atoms with Crippen LogP contribution in [0, 0.1) is 0 Å². The first-order valence-corrected chi connectivity index (χ1v) is 5.21. The maximum atomic E-state index is 11.7. The summed E-state index contributed by atoms with van der Waals surface area (Å²) in [7, 11) is 1.42. The zero-order valence-corrected chi connectivity index (χ0v) is 9.62. The van der Waals surface area contributed by atoms with E-state index in [0.717, 1.165) is 10.4 Å². The fourth-order valence-electron chi connectivity index (χ4n) is 1.30. The highest BCUT2D eigenvalue weighted by molar-refractivity contribution is 5.91. The molecule has 92 valence electrons. The van der Waals surface area contributed by atoms with E-state index in [1.807, 2.05) is 30.3 Å². The fourth-order valence-corrected chi connectivity index (χ4v) is 1.30. The highest BCUT2D eigenvalue weighted by atomic mass is 16.2. The van der Waals surface area contributed by atoms with E-state index in [-0.39, 0.29) is 5.69 Å². The Labute approximate surface area is 102 Å². The van der Waals surface area contributed by atoms with Gasteiger partial charge in [0.25, 0.3) is 5.91 Å². The van der Waals surface area contributed by atoms with Crippen molar-refractivity contribution in [2.45, 2.75) is 0 Å². The zero-order valence-electron chi connectivity index (χ0n) is 9.62. The second-order valence-corrected chi connectivity index (χ2v) is 3.41. The first-order chi connectivity index (χ1) is 8.72. The number of carbonyl (C=O) groups is 1. The molecular weight excluding hydrogens is 234 g/mol. The number of amides is 1. The predicted octanol–water partition coefficient (Wildman–Crippen LogP) is -0.187. The summed E-state index contributed by atoms with van der Waals surface area (Å²) in [6, 6.07) is 9.26. The van der Waals surface area contributed by atoms with Crippen LogP contribution in [0.5, 0.6) is 0 Å². The van der Waals surface area contributed by atoms with Crippen molar-refractivity contribution >= 4 is 12.1 Å². The van der Waals surface area contributed by atoms with Crippen LogP contribution in [0.4, 0.5) is 0 Å². The molecule has 0 unspecified atom stereocenters. The Hall–Kier alpha value is -2.70. The molecule has 0 aliphatic heterocycles. The second-order valence-electron chi connectivity index (χ2n) is 3.41. The van der Waals surface area contributed by atoms with Crippen molar-refractivity contribution in [3.8, 4) is 0 Å². The number of rotatable bonds is 3. The summed E-state index contributed by atoms with van der Waals surface area (Å²) in [5.41, 5.74) is 0.0183. The smallest absolute Gasteiger partial charge is 0.320 e. The number of benzene rings is 1. The topological polar surface area (TPSA) is 92.1 Å². The quantitative estimate of drug-likeness (QED) is 0.734. The van der Waals surface area contributed by atoms with Crippen molar-refractivity contribution < 1.29 is 4.79 Å². The molecule has 18 heavy (non-hydrogen) atoms. The Morgan fingerprint density at radius 3 is 2.83 bits per heavy atom. The first-order valence-electron chi connectivity index (χ1n) is 5.21. The van der Waals surface area contributed by atoms with E-state index in [9.17, 15) is 9.59 Å². The number of aromatic nitrogens is 3. The van der Waals surface area contributed by atoms with Gasteiger partial charge in [0.15, 0.2) is 0 Å². The van der Waals surface area contributed by atoms with Gasteiger partial charge in [-0.2, -0.15) is 10.3 Å². The Morgan fingerprint density at radius 1 is 1.44 bits per heavy atom. The van der Waals surface area contributed by atoms with E-state index in [0.29, 0.717) is 0 Å². The monoisotopic (exact) mass is 245 g/mol. The lowest BCUT2D eigenvalue weighted by Crippen LogP contribution is -2.26. The summed E-state index contributed by atoms with van der Waals surface area (Å²) in [5.74, 6) is -0.551. The molecule has 1 aromatic carbocycles. The number of carbonyl (C=O) groups excluding carboxylic acids is 1. The van der Waals surface area contributed by atoms with Gasteiger partial charge < -0.3 is 5.32 Å². The second kappa shape index (κ2) is 5.09. The lowest BCUT2D eigenvalue weighted by atomic mass is 10.2. The molecule has 0 aliphatic carbocycles. The van der Waals surface area contributed by atoms with E-state index in [2.05, 4.69) is 20.7 Å². The SMILES string of the molecule is CNC(=O)c1n[nH]n(/N=C\c2ccccc2)c1=O. The van der Waals surface area contributed by atoms with Gasteiger partial charge in [0, 0.05) is 7.05 Å². The molecule has 0 atom stereocenters. The van der Waals surface area contributed by atoms with E-state index in [4.69, 9.17) is 0 Å². The van der Waals surface area contributed by atoms with Gasteiger partial charge in [-0.3, -0.25) is 9.59 Å². The third-order valence-corrected chi connectivity index (χ3v) is 2.22. The van der Waals surface area contributed by atoms with Crippen LogP contribution in [0.2, 0.25) is 0 Å². The summed E-state index contributed by atoms with van der Waals surface area (Å²) in [6.45, 7) is 0. The molecule has 0 saturated carbocycles. The molecule has 1 heterocycles. The summed E-state index contributed by atoms with van der Waals surface area (Å²) in [4.78, 5) is 23.8. The molecule has 0 aliphatic rings. The Kier molecular flexibility index (Phi) is 3.33. The van der Waals surface area contributed by atoms with Crippen LogP contribution in [-0.2, 0) is 0 Å². The van der Waals surface area contributed by atoms with Crippen LogP contribution in [0.3, 0.4) is 0 Å². The van der Waals surface area contributed by atoms with Gasteiger partial charge in [-0.05, 0) is 5.56 Å². The summed E-state index contributed by atoms with van der Waals surface area (Å²) >= 11 is 0. The van der Waals surface area contributed by atoms with E-state index < -0.39 is 11.5 Å². The van der Waals surface area contributed by atoms with Crippen LogP contribution in [-0.4, -0.2) is 34.3 Å². The number of hydrogen-bond acceptors (Lipinski definition) is 4. The third-order valence-electron chi connectivity index (χ3n) is 2.22. The number of nitrogens with zero attached hydrogens (tertiary/aromatic N) is 3. The Balaban J connectivity index is 2.26. The van der Waals surface area contributed by atoms with Crippen LogP contribution >= 0.6 is 0 Å². The number of hydrogen-bond donors (Lipinski definition) is 2. The van der Waals surface area contributed by atoms with Crippen LogP contribution in [0.1, 0.15) is 16.1 Å². The van der Waals surface area contributed by atoms with Crippen molar-refractivity contribution in [1.29, 1.82) is 0 Å². The lowest BCUT2D eigenvalue weighted by Gasteiger charge is -1.91. The van der Waals surface area contributed by atoms with Gasteiger partial charge in [-0.15, -0.1) is 9.89 Å². The molecular formula is C11H11N5O2. The molecule has 0 bridgehead atoms. The van der Waals surface area contributed by atoms with Gasteiger partial charge in [0.1, 0.15) is 0 Å². The van der Waals surface area contributed by atoms with Crippen LogP contribution < -0.4 is 10.9 Å². The van der Waals surface area contributed by atoms with Gasteiger partial charge in [-0.1, -0.05) is 30.3 Å². The average molecular weight is 245 g/mol. The van der Waals surface area contributed by atoms with E-state index in [1.54, 1.807) is 0 Å². The molecule has 2 rings (SSSR count).